The molecule has 0 saturated carbocycles. The van der Waals surface area contributed by atoms with E-state index in [1.54, 1.807) is 17.8 Å². The van der Waals surface area contributed by atoms with E-state index in [9.17, 15) is 9.90 Å². The monoisotopic (exact) mass is 314 g/mol. The standard InChI is InChI=1S/C17H22N4O2/c1-13(22)10-15-8-5-9-21(15)17(23)16-12-20(19-18-16)11-14-6-3-2-4-7-14/h2-4,6-7,12-13,15,22H,5,8-11H2,1H3. The quantitative estimate of drug-likeness (QED) is 0.912. The van der Waals surface area contributed by atoms with E-state index in [-0.39, 0.29) is 11.9 Å². The van der Waals surface area contributed by atoms with Crippen LogP contribution in [0.5, 0.6) is 0 Å². The molecule has 0 radical (unpaired) electrons. The summed E-state index contributed by atoms with van der Waals surface area (Å²) >= 11 is 0. The number of nitrogens with zero attached hydrogens (tertiary/aromatic N) is 4. The average molecular weight is 314 g/mol. The third-order valence-corrected chi connectivity index (χ3v) is 4.20. The summed E-state index contributed by atoms with van der Waals surface area (Å²) in [5.41, 5.74) is 1.49. The molecule has 1 fully saturated rings. The summed E-state index contributed by atoms with van der Waals surface area (Å²) in [5.74, 6) is -0.0903. The third kappa shape index (κ3) is 3.76. The molecule has 3 rings (SSSR count). The summed E-state index contributed by atoms with van der Waals surface area (Å²) in [4.78, 5) is 14.5. The molecular weight excluding hydrogens is 292 g/mol. The highest BCUT2D eigenvalue weighted by atomic mass is 16.3. The number of aliphatic hydroxyl groups excluding tert-OH is 1. The normalized spacial score (nSPS) is 19.0. The van der Waals surface area contributed by atoms with Crippen molar-refractivity contribution in [3.8, 4) is 0 Å². The lowest BCUT2D eigenvalue weighted by atomic mass is 10.1. The van der Waals surface area contributed by atoms with E-state index in [0.717, 1.165) is 24.9 Å². The van der Waals surface area contributed by atoms with Crippen LogP contribution in [0.15, 0.2) is 36.5 Å². The van der Waals surface area contributed by atoms with Crippen molar-refractivity contribution in [1.82, 2.24) is 19.9 Å². The average Bonchev–Trinajstić information content (AvgIpc) is 3.17. The van der Waals surface area contributed by atoms with Crippen LogP contribution in [0, 0.1) is 0 Å². The van der Waals surface area contributed by atoms with Gasteiger partial charge in [0.2, 0.25) is 0 Å². The number of aliphatic hydroxyl groups is 1. The molecule has 2 heterocycles. The molecule has 1 aromatic carbocycles. The molecule has 1 aromatic heterocycles. The van der Waals surface area contributed by atoms with Crippen molar-refractivity contribution in [2.75, 3.05) is 6.54 Å². The number of benzene rings is 1. The van der Waals surface area contributed by atoms with Gasteiger partial charge >= 0.3 is 0 Å². The number of rotatable bonds is 5. The lowest BCUT2D eigenvalue weighted by Crippen LogP contribution is -2.37. The van der Waals surface area contributed by atoms with Crippen LogP contribution in [0.2, 0.25) is 0 Å². The van der Waals surface area contributed by atoms with Gasteiger partial charge in [0, 0.05) is 12.6 Å². The molecule has 2 unspecified atom stereocenters. The molecule has 2 aromatic rings. The number of carbonyl (C=O) groups excluding carboxylic acids is 1. The number of likely N-dealkylation sites (tertiary alicyclic amines) is 1. The first-order chi connectivity index (χ1) is 11.1. The predicted octanol–water partition coefficient (Wildman–Crippen LogP) is 1.70. The maximum absolute atomic E-state index is 12.6. The van der Waals surface area contributed by atoms with Gasteiger partial charge in [0.1, 0.15) is 0 Å². The summed E-state index contributed by atoms with van der Waals surface area (Å²) in [6.45, 7) is 3.08. The van der Waals surface area contributed by atoms with Gasteiger partial charge in [-0.25, -0.2) is 4.68 Å². The second-order valence-corrected chi connectivity index (χ2v) is 6.17. The smallest absolute Gasteiger partial charge is 0.276 e. The fourth-order valence-electron chi connectivity index (χ4n) is 3.13. The molecule has 1 aliphatic heterocycles. The highest BCUT2D eigenvalue weighted by Gasteiger charge is 2.31. The maximum Gasteiger partial charge on any atom is 0.276 e. The largest absolute Gasteiger partial charge is 0.393 e. The van der Waals surface area contributed by atoms with E-state index in [2.05, 4.69) is 10.3 Å². The zero-order valence-corrected chi connectivity index (χ0v) is 13.3. The summed E-state index contributed by atoms with van der Waals surface area (Å²) < 4.78 is 1.68. The Morgan fingerprint density at radius 1 is 1.39 bits per heavy atom. The Bertz CT molecular complexity index is 654. The van der Waals surface area contributed by atoms with Crippen molar-refractivity contribution in [3.05, 3.63) is 47.8 Å². The maximum atomic E-state index is 12.6. The second-order valence-electron chi connectivity index (χ2n) is 6.17. The molecule has 23 heavy (non-hydrogen) atoms. The van der Waals surface area contributed by atoms with Gasteiger partial charge in [0.05, 0.1) is 18.8 Å². The van der Waals surface area contributed by atoms with Crippen LogP contribution in [0.4, 0.5) is 0 Å². The Labute approximate surface area is 135 Å². The van der Waals surface area contributed by atoms with E-state index >= 15 is 0 Å². The van der Waals surface area contributed by atoms with Crippen LogP contribution < -0.4 is 0 Å². The molecule has 122 valence electrons. The zero-order chi connectivity index (χ0) is 16.2. The molecule has 1 saturated heterocycles. The van der Waals surface area contributed by atoms with Crippen LogP contribution in [0.1, 0.15) is 42.2 Å². The van der Waals surface area contributed by atoms with E-state index in [1.807, 2.05) is 35.2 Å². The van der Waals surface area contributed by atoms with E-state index in [1.165, 1.54) is 0 Å². The predicted molar refractivity (Wildman–Crippen MR) is 85.9 cm³/mol. The van der Waals surface area contributed by atoms with E-state index in [0.29, 0.717) is 18.7 Å². The molecule has 0 aliphatic carbocycles. The Morgan fingerprint density at radius 2 is 2.17 bits per heavy atom. The fourth-order valence-corrected chi connectivity index (χ4v) is 3.13. The Hall–Kier alpha value is -2.21. The molecule has 1 amide bonds. The summed E-state index contributed by atoms with van der Waals surface area (Å²) in [6, 6.07) is 10.0. The number of hydrogen-bond donors (Lipinski definition) is 1. The van der Waals surface area contributed by atoms with Gasteiger partial charge in [-0.05, 0) is 31.7 Å². The Balaban J connectivity index is 1.68. The highest BCUT2D eigenvalue weighted by Crippen LogP contribution is 2.23. The first-order valence-electron chi connectivity index (χ1n) is 8.06. The highest BCUT2D eigenvalue weighted by molar-refractivity contribution is 5.92. The van der Waals surface area contributed by atoms with Crippen molar-refractivity contribution in [3.63, 3.8) is 0 Å². The fraction of sp³-hybridized carbons (Fsp3) is 0.471. The van der Waals surface area contributed by atoms with Crippen LogP contribution in [0.25, 0.3) is 0 Å². The van der Waals surface area contributed by atoms with Crippen molar-refractivity contribution in [2.24, 2.45) is 0 Å². The number of aromatic nitrogens is 3. The Kier molecular flexibility index (Phi) is 4.71. The number of carbonyl (C=O) groups is 1. The molecule has 6 nitrogen and oxygen atoms in total. The molecule has 1 aliphatic rings. The van der Waals surface area contributed by atoms with Crippen molar-refractivity contribution >= 4 is 5.91 Å². The minimum atomic E-state index is -0.401. The minimum absolute atomic E-state index is 0.0903. The molecular formula is C17H22N4O2. The zero-order valence-electron chi connectivity index (χ0n) is 13.3. The summed E-state index contributed by atoms with van der Waals surface area (Å²) in [5, 5.41) is 17.7. The van der Waals surface area contributed by atoms with Gasteiger partial charge in [-0.3, -0.25) is 4.79 Å². The van der Waals surface area contributed by atoms with E-state index in [4.69, 9.17) is 0 Å². The molecule has 1 N–H and O–H groups in total. The van der Waals surface area contributed by atoms with Gasteiger partial charge in [-0.1, -0.05) is 35.5 Å². The summed E-state index contributed by atoms with van der Waals surface area (Å²) in [7, 11) is 0. The number of hydrogen-bond acceptors (Lipinski definition) is 4. The number of amides is 1. The second kappa shape index (κ2) is 6.91. The van der Waals surface area contributed by atoms with Gasteiger partial charge in [0.15, 0.2) is 5.69 Å². The van der Waals surface area contributed by atoms with Crippen molar-refractivity contribution in [2.45, 2.75) is 44.9 Å². The van der Waals surface area contributed by atoms with Gasteiger partial charge in [-0.2, -0.15) is 0 Å². The van der Waals surface area contributed by atoms with Crippen molar-refractivity contribution < 1.29 is 9.90 Å². The topological polar surface area (TPSA) is 71.2 Å². The van der Waals surface area contributed by atoms with Crippen LogP contribution in [0.3, 0.4) is 0 Å². The van der Waals surface area contributed by atoms with Gasteiger partial charge < -0.3 is 10.0 Å². The van der Waals surface area contributed by atoms with Crippen LogP contribution in [-0.2, 0) is 6.54 Å². The first-order valence-corrected chi connectivity index (χ1v) is 8.06. The van der Waals surface area contributed by atoms with Gasteiger partial charge in [-0.15, -0.1) is 5.10 Å². The van der Waals surface area contributed by atoms with Crippen LogP contribution >= 0.6 is 0 Å². The van der Waals surface area contributed by atoms with Gasteiger partial charge in [0.25, 0.3) is 5.91 Å². The minimum Gasteiger partial charge on any atom is -0.393 e. The Morgan fingerprint density at radius 3 is 2.91 bits per heavy atom. The summed E-state index contributed by atoms with van der Waals surface area (Å²) in [6.07, 6.45) is 3.83. The lowest BCUT2D eigenvalue weighted by Gasteiger charge is -2.24. The molecule has 0 spiro atoms. The SMILES string of the molecule is CC(O)CC1CCCN1C(=O)c1cn(Cc2ccccc2)nn1. The molecule has 6 heteroatoms. The van der Waals surface area contributed by atoms with E-state index < -0.39 is 6.10 Å². The lowest BCUT2D eigenvalue weighted by molar-refractivity contribution is 0.0676. The van der Waals surface area contributed by atoms with Crippen molar-refractivity contribution in [1.29, 1.82) is 0 Å². The molecule has 0 bridgehead atoms. The third-order valence-electron chi connectivity index (χ3n) is 4.20. The molecule has 2 atom stereocenters. The van der Waals surface area contributed by atoms with Crippen LogP contribution in [-0.4, -0.2) is 49.6 Å². The first kappa shape index (κ1) is 15.7.